The van der Waals surface area contributed by atoms with Crippen molar-refractivity contribution in [2.75, 3.05) is 6.54 Å². The topological polar surface area (TPSA) is 50.2 Å². The second-order valence-electron chi connectivity index (χ2n) is 6.54. The lowest BCUT2D eigenvalue weighted by atomic mass is 9.97. The molecule has 2 atom stereocenters. The molecule has 3 rings (SSSR count). The molecule has 0 unspecified atom stereocenters. The standard InChI is InChI=1S/C17H21F3N4O/c1-11(25)21-12-7-8-15(17(18,19)20)24(9-12)10-16-22-13-5-3-4-6-14(13)23(16)2/h3-6,12,15H,7-10H2,1-2H3,(H,21,25)/t12-,15+/m0/s1. The molecule has 1 aromatic carbocycles. The van der Waals surface area contributed by atoms with Crippen molar-refractivity contribution < 1.29 is 18.0 Å². The first-order valence-corrected chi connectivity index (χ1v) is 8.24. The Morgan fingerprint density at radius 2 is 2.04 bits per heavy atom. The van der Waals surface area contributed by atoms with Crippen molar-refractivity contribution in [3.63, 3.8) is 0 Å². The van der Waals surface area contributed by atoms with E-state index in [2.05, 4.69) is 10.3 Å². The van der Waals surface area contributed by atoms with Crippen molar-refractivity contribution in [3.05, 3.63) is 30.1 Å². The second-order valence-corrected chi connectivity index (χ2v) is 6.54. The Morgan fingerprint density at radius 3 is 2.68 bits per heavy atom. The summed E-state index contributed by atoms with van der Waals surface area (Å²) in [6.07, 6.45) is -4.01. The maximum atomic E-state index is 13.4. The predicted octanol–water partition coefficient (Wildman–Crippen LogP) is 2.60. The van der Waals surface area contributed by atoms with Gasteiger partial charge in [0.05, 0.1) is 17.6 Å². The van der Waals surface area contributed by atoms with Gasteiger partial charge in [0.1, 0.15) is 11.9 Å². The number of piperidine rings is 1. The molecule has 8 heteroatoms. The van der Waals surface area contributed by atoms with E-state index < -0.39 is 12.2 Å². The fraction of sp³-hybridized carbons (Fsp3) is 0.529. The zero-order chi connectivity index (χ0) is 18.2. The van der Waals surface area contributed by atoms with Gasteiger partial charge in [0.15, 0.2) is 0 Å². The van der Waals surface area contributed by atoms with Crippen LogP contribution in [-0.4, -0.2) is 45.2 Å². The van der Waals surface area contributed by atoms with Gasteiger partial charge in [-0.15, -0.1) is 0 Å². The summed E-state index contributed by atoms with van der Waals surface area (Å²) in [5, 5.41) is 2.74. The zero-order valence-electron chi connectivity index (χ0n) is 14.2. The average molecular weight is 354 g/mol. The van der Waals surface area contributed by atoms with Crippen LogP contribution in [0.15, 0.2) is 24.3 Å². The predicted molar refractivity (Wildman–Crippen MR) is 87.8 cm³/mol. The highest BCUT2D eigenvalue weighted by Crippen LogP contribution is 2.33. The summed E-state index contributed by atoms with van der Waals surface area (Å²) in [5.41, 5.74) is 1.65. The number of carbonyl (C=O) groups is 1. The fourth-order valence-electron chi connectivity index (χ4n) is 3.51. The Balaban J connectivity index is 1.86. The molecule has 2 aromatic rings. The van der Waals surface area contributed by atoms with E-state index in [1.54, 1.807) is 0 Å². The monoisotopic (exact) mass is 354 g/mol. The van der Waals surface area contributed by atoms with Crippen LogP contribution in [0.25, 0.3) is 11.0 Å². The number of imidazole rings is 1. The third-order valence-electron chi connectivity index (χ3n) is 4.69. The SMILES string of the molecule is CC(=O)N[C@H]1CC[C@H](C(F)(F)F)N(Cc2nc3ccccc3n2C)C1. The molecule has 1 N–H and O–H groups in total. The van der Waals surface area contributed by atoms with Gasteiger partial charge in [0.2, 0.25) is 5.91 Å². The molecule has 0 aliphatic carbocycles. The van der Waals surface area contributed by atoms with Crippen LogP contribution in [0.4, 0.5) is 13.2 Å². The molecule has 25 heavy (non-hydrogen) atoms. The Kier molecular flexibility index (Phi) is 4.73. The van der Waals surface area contributed by atoms with Gasteiger partial charge in [0.25, 0.3) is 0 Å². The van der Waals surface area contributed by atoms with E-state index in [1.807, 2.05) is 35.9 Å². The summed E-state index contributed by atoms with van der Waals surface area (Å²) < 4.78 is 42.1. The van der Waals surface area contributed by atoms with Crippen LogP contribution >= 0.6 is 0 Å². The van der Waals surface area contributed by atoms with Crippen molar-refractivity contribution >= 4 is 16.9 Å². The number of hydrogen-bond donors (Lipinski definition) is 1. The van der Waals surface area contributed by atoms with Crippen molar-refractivity contribution in [1.29, 1.82) is 0 Å². The minimum atomic E-state index is -4.30. The van der Waals surface area contributed by atoms with Gasteiger partial charge in [-0.1, -0.05) is 12.1 Å². The number of fused-ring (bicyclic) bond motifs is 1. The third-order valence-corrected chi connectivity index (χ3v) is 4.69. The Morgan fingerprint density at radius 1 is 1.32 bits per heavy atom. The number of halogens is 3. The molecule has 1 aromatic heterocycles. The number of para-hydroxylation sites is 2. The molecule has 1 aliphatic heterocycles. The largest absolute Gasteiger partial charge is 0.404 e. The molecule has 1 saturated heterocycles. The molecular weight excluding hydrogens is 333 g/mol. The van der Waals surface area contributed by atoms with Gasteiger partial charge < -0.3 is 9.88 Å². The van der Waals surface area contributed by atoms with Gasteiger partial charge in [0, 0.05) is 26.6 Å². The molecule has 1 fully saturated rings. The van der Waals surface area contributed by atoms with Crippen LogP contribution < -0.4 is 5.32 Å². The number of hydrogen-bond acceptors (Lipinski definition) is 3. The van der Waals surface area contributed by atoms with Crippen LogP contribution in [0, 0.1) is 0 Å². The highest BCUT2D eigenvalue weighted by atomic mass is 19.4. The van der Waals surface area contributed by atoms with Gasteiger partial charge in [-0.25, -0.2) is 4.98 Å². The average Bonchev–Trinajstić information content (AvgIpc) is 2.82. The van der Waals surface area contributed by atoms with E-state index in [0.717, 1.165) is 11.0 Å². The van der Waals surface area contributed by atoms with E-state index in [0.29, 0.717) is 12.2 Å². The zero-order valence-corrected chi connectivity index (χ0v) is 14.2. The lowest BCUT2D eigenvalue weighted by Crippen LogP contribution is -2.55. The number of aryl methyl sites for hydroxylation is 1. The van der Waals surface area contributed by atoms with Gasteiger partial charge in [-0.05, 0) is 25.0 Å². The highest BCUT2D eigenvalue weighted by Gasteiger charge is 2.46. The molecule has 136 valence electrons. The summed E-state index contributed by atoms with van der Waals surface area (Å²) in [5.74, 6) is 0.358. The number of likely N-dealkylation sites (tertiary alicyclic amines) is 1. The first-order valence-electron chi connectivity index (χ1n) is 8.24. The van der Waals surface area contributed by atoms with Gasteiger partial charge >= 0.3 is 6.18 Å². The van der Waals surface area contributed by atoms with Crippen LogP contribution in [0.5, 0.6) is 0 Å². The summed E-state index contributed by atoms with van der Waals surface area (Å²) in [7, 11) is 1.81. The number of nitrogens with one attached hydrogen (secondary N) is 1. The molecule has 0 radical (unpaired) electrons. The summed E-state index contributed by atoms with van der Waals surface area (Å²) in [6.45, 7) is 1.63. The van der Waals surface area contributed by atoms with Gasteiger partial charge in [-0.2, -0.15) is 13.2 Å². The van der Waals surface area contributed by atoms with Crippen molar-refractivity contribution in [1.82, 2.24) is 19.8 Å². The molecule has 0 saturated carbocycles. The number of nitrogens with zero attached hydrogens (tertiary/aromatic N) is 3. The normalized spacial score (nSPS) is 22.3. The lowest BCUT2D eigenvalue weighted by Gasteiger charge is -2.40. The number of amides is 1. The smallest absolute Gasteiger partial charge is 0.352 e. The summed E-state index contributed by atoms with van der Waals surface area (Å²) in [4.78, 5) is 17.1. The fourth-order valence-corrected chi connectivity index (χ4v) is 3.51. The quantitative estimate of drug-likeness (QED) is 0.922. The van der Waals surface area contributed by atoms with Gasteiger partial charge in [-0.3, -0.25) is 9.69 Å². The van der Waals surface area contributed by atoms with Crippen LogP contribution in [0.1, 0.15) is 25.6 Å². The van der Waals surface area contributed by atoms with Crippen molar-refractivity contribution in [2.45, 2.75) is 44.6 Å². The first kappa shape index (κ1) is 17.7. The van der Waals surface area contributed by atoms with E-state index in [1.165, 1.54) is 11.8 Å². The Bertz CT molecular complexity index is 771. The van der Waals surface area contributed by atoms with E-state index in [4.69, 9.17) is 0 Å². The maximum absolute atomic E-state index is 13.4. The molecule has 0 bridgehead atoms. The molecule has 1 amide bonds. The molecular formula is C17H21F3N4O. The number of rotatable bonds is 3. The van der Waals surface area contributed by atoms with Crippen LogP contribution in [0.2, 0.25) is 0 Å². The van der Waals surface area contributed by atoms with Crippen LogP contribution in [-0.2, 0) is 18.4 Å². The lowest BCUT2D eigenvalue weighted by molar-refractivity contribution is -0.194. The van der Waals surface area contributed by atoms with Crippen LogP contribution in [0.3, 0.4) is 0 Å². The molecule has 2 heterocycles. The molecule has 1 aliphatic rings. The molecule has 5 nitrogen and oxygen atoms in total. The minimum Gasteiger partial charge on any atom is -0.352 e. The third kappa shape index (κ3) is 3.78. The maximum Gasteiger partial charge on any atom is 0.404 e. The number of alkyl halides is 3. The Labute approximate surface area is 143 Å². The van der Waals surface area contributed by atoms with Crippen molar-refractivity contribution in [3.8, 4) is 0 Å². The second kappa shape index (κ2) is 6.67. The number of benzene rings is 1. The van der Waals surface area contributed by atoms with E-state index >= 15 is 0 Å². The summed E-state index contributed by atoms with van der Waals surface area (Å²) >= 11 is 0. The summed E-state index contributed by atoms with van der Waals surface area (Å²) in [6, 6.07) is 5.67. The highest BCUT2D eigenvalue weighted by molar-refractivity contribution is 5.75. The van der Waals surface area contributed by atoms with E-state index in [9.17, 15) is 18.0 Å². The number of carbonyl (C=O) groups excluding carboxylic acids is 1. The first-order chi connectivity index (χ1) is 11.8. The Hall–Kier alpha value is -2.09. The minimum absolute atomic E-state index is 0.0294. The molecule has 0 spiro atoms. The van der Waals surface area contributed by atoms with Crippen molar-refractivity contribution in [2.24, 2.45) is 7.05 Å². The van der Waals surface area contributed by atoms with E-state index in [-0.39, 0.29) is 31.5 Å². The number of aromatic nitrogens is 2.